The molecular weight excluding hydrogens is 310 g/mol. The monoisotopic (exact) mass is 331 g/mol. The second kappa shape index (κ2) is 6.60. The SMILES string of the molecule is Cc1noc(C)c1-c1ccc(NC2CCOC(C)C2)c([N+](=O)[O-])c1. The number of hydrogen-bond acceptors (Lipinski definition) is 6. The van der Waals surface area contributed by atoms with Gasteiger partial charge in [-0.25, -0.2) is 0 Å². The third-order valence-corrected chi connectivity index (χ3v) is 4.36. The minimum Gasteiger partial charge on any atom is -0.378 e. The van der Waals surface area contributed by atoms with Crippen molar-refractivity contribution in [2.24, 2.45) is 0 Å². The molecule has 2 heterocycles. The summed E-state index contributed by atoms with van der Waals surface area (Å²) in [6.45, 7) is 6.32. The maximum atomic E-state index is 11.5. The van der Waals surface area contributed by atoms with Crippen LogP contribution < -0.4 is 5.32 Å². The number of anilines is 1. The Labute approximate surface area is 140 Å². The van der Waals surface area contributed by atoms with Crippen LogP contribution in [0.25, 0.3) is 11.1 Å². The van der Waals surface area contributed by atoms with Gasteiger partial charge in [0.05, 0.1) is 16.7 Å². The van der Waals surface area contributed by atoms with Crippen molar-refractivity contribution >= 4 is 11.4 Å². The number of hydrogen-bond donors (Lipinski definition) is 1. The van der Waals surface area contributed by atoms with Crippen LogP contribution in [0.4, 0.5) is 11.4 Å². The predicted molar refractivity (Wildman–Crippen MR) is 90.1 cm³/mol. The van der Waals surface area contributed by atoms with E-state index in [1.807, 2.05) is 19.9 Å². The zero-order valence-corrected chi connectivity index (χ0v) is 14.0. The van der Waals surface area contributed by atoms with E-state index in [2.05, 4.69) is 10.5 Å². The molecule has 2 unspecified atom stereocenters. The van der Waals surface area contributed by atoms with E-state index >= 15 is 0 Å². The van der Waals surface area contributed by atoms with Gasteiger partial charge in [0.1, 0.15) is 11.4 Å². The van der Waals surface area contributed by atoms with Crippen LogP contribution in [0.5, 0.6) is 0 Å². The Balaban J connectivity index is 1.92. The number of ether oxygens (including phenoxy) is 1. The first-order valence-electron chi connectivity index (χ1n) is 8.05. The topological polar surface area (TPSA) is 90.4 Å². The van der Waals surface area contributed by atoms with Crippen LogP contribution in [-0.4, -0.2) is 28.8 Å². The zero-order valence-electron chi connectivity index (χ0n) is 14.0. The summed E-state index contributed by atoms with van der Waals surface area (Å²) in [5.41, 5.74) is 2.87. The Morgan fingerprint density at radius 2 is 2.17 bits per heavy atom. The molecule has 0 bridgehead atoms. The second-order valence-electron chi connectivity index (χ2n) is 6.24. The lowest BCUT2D eigenvalue weighted by Crippen LogP contribution is -2.32. The summed E-state index contributed by atoms with van der Waals surface area (Å²) in [4.78, 5) is 11.2. The van der Waals surface area contributed by atoms with Crippen molar-refractivity contribution in [3.05, 3.63) is 39.8 Å². The number of nitro groups is 1. The molecule has 1 aromatic carbocycles. The average Bonchev–Trinajstić information content (AvgIpc) is 2.87. The summed E-state index contributed by atoms with van der Waals surface area (Å²) >= 11 is 0. The molecule has 7 nitrogen and oxygen atoms in total. The normalized spacial score (nSPS) is 20.8. The largest absolute Gasteiger partial charge is 0.378 e. The number of aromatic nitrogens is 1. The molecule has 128 valence electrons. The minimum atomic E-state index is -0.354. The van der Waals surface area contributed by atoms with E-state index in [1.54, 1.807) is 19.1 Å². The number of nitro benzene ring substituents is 1. The van der Waals surface area contributed by atoms with E-state index < -0.39 is 0 Å². The van der Waals surface area contributed by atoms with Gasteiger partial charge in [-0.2, -0.15) is 0 Å². The molecule has 0 aliphatic carbocycles. The first-order valence-corrected chi connectivity index (χ1v) is 8.05. The van der Waals surface area contributed by atoms with Gasteiger partial charge >= 0.3 is 0 Å². The average molecular weight is 331 g/mol. The van der Waals surface area contributed by atoms with Gasteiger partial charge in [-0.05, 0) is 45.2 Å². The lowest BCUT2D eigenvalue weighted by atomic mass is 10.0. The van der Waals surface area contributed by atoms with Gasteiger partial charge in [0, 0.05) is 24.3 Å². The van der Waals surface area contributed by atoms with E-state index in [-0.39, 0.29) is 22.8 Å². The van der Waals surface area contributed by atoms with Crippen LogP contribution in [0.3, 0.4) is 0 Å². The Morgan fingerprint density at radius 3 is 2.79 bits per heavy atom. The van der Waals surface area contributed by atoms with Crippen molar-refractivity contribution in [3.8, 4) is 11.1 Å². The van der Waals surface area contributed by atoms with Gasteiger partial charge in [0.2, 0.25) is 0 Å². The van der Waals surface area contributed by atoms with E-state index in [1.165, 1.54) is 0 Å². The van der Waals surface area contributed by atoms with Gasteiger partial charge in [-0.3, -0.25) is 10.1 Å². The molecule has 2 aromatic rings. The summed E-state index contributed by atoms with van der Waals surface area (Å²) in [5, 5.41) is 18.7. The van der Waals surface area contributed by atoms with Crippen LogP contribution in [0.15, 0.2) is 22.7 Å². The van der Waals surface area contributed by atoms with Crippen molar-refractivity contribution in [1.29, 1.82) is 0 Å². The van der Waals surface area contributed by atoms with Crippen molar-refractivity contribution in [3.63, 3.8) is 0 Å². The van der Waals surface area contributed by atoms with E-state index in [4.69, 9.17) is 9.26 Å². The predicted octanol–water partition coefficient (Wildman–Crippen LogP) is 3.85. The third kappa shape index (κ3) is 3.26. The molecule has 2 atom stereocenters. The zero-order chi connectivity index (χ0) is 17.3. The van der Waals surface area contributed by atoms with E-state index in [9.17, 15) is 10.1 Å². The van der Waals surface area contributed by atoms with Gasteiger partial charge in [-0.1, -0.05) is 11.2 Å². The summed E-state index contributed by atoms with van der Waals surface area (Å²) in [5.74, 6) is 0.653. The van der Waals surface area contributed by atoms with Gasteiger partial charge in [-0.15, -0.1) is 0 Å². The quantitative estimate of drug-likeness (QED) is 0.676. The molecule has 1 saturated heterocycles. The van der Waals surface area contributed by atoms with Crippen LogP contribution in [0.1, 0.15) is 31.2 Å². The highest BCUT2D eigenvalue weighted by Gasteiger charge is 2.24. The number of rotatable bonds is 4. The lowest BCUT2D eigenvalue weighted by molar-refractivity contribution is -0.383. The summed E-state index contributed by atoms with van der Waals surface area (Å²) in [6, 6.07) is 5.39. The summed E-state index contributed by atoms with van der Waals surface area (Å²) in [7, 11) is 0. The van der Waals surface area contributed by atoms with Gasteiger partial charge in [0.15, 0.2) is 0 Å². The van der Waals surface area contributed by atoms with Crippen LogP contribution in [-0.2, 0) is 4.74 Å². The van der Waals surface area contributed by atoms with Crippen LogP contribution in [0.2, 0.25) is 0 Å². The minimum absolute atomic E-state index is 0.0617. The van der Waals surface area contributed by atoms with Crippen molar-refractivity contribution in [1.82, 2.24) is 5.16 Å². The van der Waals surface area contributed by atoms with Gasteiger partial charge in [0.25, 0.3) is 5.69 Å². The fourth-order valence-corrected chi connectivity index (χ4v) is 3.20. The highest BCUT2D eigenvalue weighted by molar-refractivity contribution is 5.75. The van der Waals surface area contributed by atoms with E-state index in [0.717, 1.165) is 29.7 Å². The Bertz CT molecular complexity index is 737. The van der Waals surface area contributed by atoms with Crippen molar-refractivity contribution in [2.75, 3.05) is 11.9 Å². The molecule has 1 aliphatic rings. The smallest absolute Gasteiger partial charge is 0.292 e. The molecule has 0 radical (unpaired) electrons. The van der Waals surface area contributed by atoms with Crippen molar-refractivity contribution < 1.29 is 14.2 Å². The number of aryl methyl sites for hydroxylation is 2. The van der Waals surface area contributed by atoms with Crippen LogP contribution in [0, 0.1) is 24.0 Å². The summed E-state index contributed by atoms with van der Waals surface area (Å²) in [6.07, 6.45) is 1.84. The summed E-state index contributed by atoms with van der Waals surface area (Å²) < 4.78 is 10.7. The Hall–Kier alpha value is -2.41. The Morgan fingerprint density at radius 1 is 1.38 bits per heavy atom. The molecule has 1 fully saturated rings. The molecular formula is C17H21N3O4. The third-order valence-electron chi connectivity index (χ3n) is 4.36. The maximum absolute atomic E-state index is 11.5. The molecule has 3 rings (SSSR count). The number of nitrogens with zero attached hydrogens (tertiary/aromatic N) is 2. The molecule has 7 heteroatoms. The highest BCUT2D eigenvalue weighted by atomic mass is 16.6. The molecule has 0 amide bonds. The first kappa shape index (κ1) is 16.4. The standard InChI is InChI=1S/C17H21N3O4/c1-10-8-14(6-7-23-10)18-15-5-4-13(9-16(15)20(21)22)17-11(2)19-24-12(17)3/h4-5,9-10,14,18H,6-8H2,1-3H3. The molecule has 0 saturated carbocycles. The molecule has 1 N–H and O–H groups in total. The van der Waals surface area contributed by atoms with Crippen molar-refractivity contribution in [2.45, 2.75) is 45.8 Å². The Kier molecular flexibility index (Phi) is 4.53. The lowest BCUT2D eigenvalue weighted by Gasteiger charge is -2.28. The molecule has 0 spiro atoms. The van der Waals surface area contributed by atoms with E-state index in [0.29, 0.717) is 18.1 Å². The fourth-order valence-electron chi connectivity index (χ4n) is 3.20. The van der Waals surface area contributed by atoms with Gasteiger partial charge < -0.3 is 14.6 Å². The molecule has 1 aliphatic heterocycles. The molecule has 1 aromatic heterocycles. The number of nitrogens with one attached hydrogen (secondary N) is 1. The first-order chi connectivity index (χ1) is 11.5. The highest BCUT2D eigenvalue weighted by Crippen LogP contribution is 2.34. The second-order valence-corrected chi connectivity index (χ2v) is 6.24. The van der Waals surface area contributed by atoms with Crippen LogP contribution >= 0.6 is 0 Å². The number of benzene rings is 1. The maximum Gasteiger partial charge on any atom is 0.292 e. The molecule has 24 heavy (non-hydrogen) atoms. The fraction of sp³-hybridized carbons (Fsp3) is 0.471.